The van der Waals surface area contributed by atoms with E-state index < -0.39 is 0 Å². The van der Waals surface area contributed by atoms with Gasteiger partial charge < -0.3 is 14.2 Å². The van der Waals surface area contributed by atoms with Crippen molar-refractivity contribution in [1.82, 2.24) is 0 Å². The maximum atomic E-state index is 11.4. The topological polar surface area (TPSA) is 48.6 Å². The van der Waals surface area contributed by atoms with Gasteiger partial charge in [-0.3, -0.25) is 0 Å². The van der Waals surface area contributed by atoms with Gasteiger partial charge in [-0.25, -0.2) is 9.36 Å². The van der Waals surface area contributed by atoms with Crippen LogP contribution in [0.25, 0.3) is 0 Å². The Bertz CT molecular complexity index is 733. The molecule has 0 fully saturated rings. The third-order valence-electron chi connectivity index (χ3n) is 4.30. The second-order valence-electron chi connectivity index (χ2n) is 6.19. The largest absolute Gasteiger partial charge is 0.497 e. The van der Waals surface area contributed by atoms with Gasteiger partial charge in [0.05, 0.1) is 26.6 Å². The smallest absolute Gasteiger partial charge is 0.367 e. The lowest BCUT2D eigenvalue weighted by Crippen LogP contribution is -2.34. The summed E-state index contributed by atoms with van der Waals surface area (Å²) in [5, 5.41) is -0.212. The fraction of sp³-hybridized carbons (Fsp3) is 0.429. The van der Waals surface area contributed by atoms with Crippen molar-refractivity contribution in [3.05, 3.63) is 53.9 Å². The number of carbonyl (C=O) groups is 1. The van der Waals surface area contributed by atoms with E-state index in [4.69, 9.17) is 14.2 Å². The van der Waals surface area contributed by atoms with Gasteiger partial charge in [0, 0.05) is 17.7 Å². The fourth-order valence-electron chi connectivity index (χ4n) is 2.86. The Morgan fingerprint density at radius 3 is 2.52 bits per heavy atom. The van der Waals surface area contributed by atoms with Crippen LogP contribution < -0.4 is 14.0 Å². The summed E-state index contributed by atoms with van der Waals surface area (Å²) < 4.78 is 17.8. The molecule has 0 aliphatic heterocycles. The molecule has 5 nitrogen and oxygen atoms in total. The predicted molar refractivity (Wildman–Crippen MR) is 108 cm³/mol. The van der Waals surface area contributed by atoms with Gasteiger partial charge in [0.25, 0.3) is 0 Å². The number of ether oxygens (including phenoxy) is 3. The quantitative estimate of drug-likeness (QED) is 0.474. The molecule has 0 radical (unpaired) electrons. The van der Waals surface area contributed by atoms with Crippen molar-refractivity contribution in [2.24, 2.45) is 0 Å². The molecule has 1 unspecified atom stereocenters. The summed E-state index contributed by atoms with van der Waals surface area (Å²) in [7, 11) is 3.37. The Labute approximate surface area is 165 Å². The molecule has 27 heavy (non-hydrogen) atoms. The molecule has 0 aliphatic carbocycles. The molecule has 0 spiro atoms. The highest BCUT2D eigenvalue weighted by molar-refractivity contribution is 8.13. The number of carbonyl (C=O) groups excluding carboxylic acids is 1. The van der Waals surface area contributed by atoms with Gasteiger partial charge in [0.15, 0.2) is 18.9 Å². The molecule has 1 atom stereocenters. The standard InChI is InChI=1S/C21H28NO4S/c1-5-26-21(23)27-13-12-22-10-8-17(9-11-22)14-16(2)19-15-18(24-3)6-7-20(19)25-4/h6-11,15-16H,5,12-14H2,1-4H3/q+1. The lowest BCUT2D eigenvalue weighted by molar-refractivity contribution is -0.692. The van der Waals surface area contributed by atoms with Gasteiger partial charge >= 0.3 is 5.30 Å². The van der Waals surface area contributed by atoms with Crippen molar-refractivity contribution < 1.29 is 23.6 Å². The molecule has 1 aromatic carbocycles. The van der Waals surface area contributed by atoms with Gasteiger partial charge in [-0.1, -0.05) is 6.92 Å². The summed E-state index contributed by atoms with van der Waals surface area (Å²) in [4.78, 5) is 11.4. The summed E-state index contributed by atoms with van der Waals surface area (Å²) in [6, 6.07) is 10.1. The van der Waals surface area contributed by atoms with Crippen molar-refractivity contribution in [3.8, 4) is 11.5 Å². The number of hydrogen-bond acceptors (Lipinski definition) is 5. The summed E-state index contributed by atoms with van der Waals surface area (Å²) >= 11 is 1.21. The maximum absolute atomic E-state index is 11.4. The Kier molecular flexibility index (Phi) is 8.45. The fourth-order valence-corrected chi connectivity index (χ4v) is 3.53. The van der Waals surface area contributed by atoms with Crippen molar-refractivity contribution in [3.63, 3.8) is 0 Å². The van der Waals surface area contributed by atoms with E-state index in [1.807, 2.05) is 25.1 Å². The highest BCUT2D eigenvalue weighted by Gasteiger charge is 2.14. The molecule has 2 aromatic rings. The predicted octanol–water partition coefficient (Wildman–Crippen LogP) is 4.23. The first kappa shape index (κ1) is 21.1. The third kappa shape index (κ3) is 6.47. The van der Waals surface area contributed by atoms with Gasteiger partial charge in [0.1, 0.15) is 11.5 Å². The second-order valence-corrected chi connectivity index (χ2v) is 7.22. The molecule has 1 aromatic heterocycles. The molecule has 0 N–H and O–H groups in total. The number of benzene rings is 1. The zero-order valence-corrected chi connectivity index (χ0v) is 17.3. The molecule has 146 valence electrons. The van der Waals surface area contributed by atoms with Crippen LogP contribution >= 0.6 is 11.8 Å². The summed E-state index contributed by atoms with van der Waals surface area (Å²) in [6.07, 6.45) is 5.01. The molecular weight excluding hydrogens is 362 g/mol. The second kappa shape index (κ2) is 10.8. The van der Waals surface area contributed by atoms with E-state index in [2.05, 4.69) is 36.0 Å². The van der Waals surface area contributed by atoms with Gasteiger partial charge in [0.2, 0.25) is 0 Å². The molecule has 0 saturated heterocycles. The Balaban J connectivity index is 1.95. The van der Waals surface area contributed by atoms with E-state index in [-0.39, 0.29) is 5.30 Å². The minimum absolute atomic E-state index is 0.212. The van der Waals surface area contributed by atoms with E-state index in [1.165, 1.54) is 17.3 Å². The van der Waals surface area contributed by atoms with Crippen molar-refractivity contribution in [1.29, 1.82) is 0 Å². The number of hydrogen-bond donors (Lipinski definition) is 0. The van der Waals surface area contributed by atoms with Crippen LogP contribution in [0.1, 0.15) is 30.9 Å². The highest BCUT2D eigenvalue weighted by Crippen LogP contribution is 2.32. The van der Waals surface area contributed by atoms with Crippen molar-refractivity contribution in [2.75, 3.05) is 26.6 Å². The molecule has 1 heterocycles. The first-order valence-corrected chi connectivity index (χ1v) is 10.0. The lowest BCUT2D eigenvalue weighted by atomic mass is 9.93. The molecule has 0 saturated carbocycles. The average Bonchev–Trinajstić information content (AvgIpc) is 2.69. The number of aromatic nitrogens is 1. The Hall–Kier alpha value is -2.21. The van der Waals surface area contributed by atoms with E-state index in [9.17, 15) is 4.79 Å². The van der Waals surface area contributed by atoms with E-state index >= 15 is 0 Å². The maximum Gasteiger partial charge on any atom is 0.367 e. The molecule has 2 rings (SSSR count). The third-order valence-corrected chi connectivity index (χ3v) is 5.04. The van der Waals surface area contributed by atoms with Gasteiger partial charge in [-0.05, 0) is 54.8 Å². The zero-order chi connectivity index (χ0) is 19.6. The van der Waals surface area contributed by atoms with Crippen LogP contribution in [-0.4, -0.2) is 31.9 Å². The number of pyridine rings is 1. The monoisotopic (exact) mass is 390 g/mol. The Morgan fingerprint density at radius 2 is 1.89 bits per heavy atom. The van der Waals surface area contributed by atoms with E-state index in [0.717, 1.165) is 30.0 Å². The normalized spacial score (nSPS) is 11.7. The van der Waals surface area contributed by atoms with Crippen LogP contribution in [0.4, 0.5) is 4.79 Å². The zero-order valence-electron chi connectivity index (χ0n) is 16.4. The van der Waals surface area contributed by atoms with E-state index in [1.54, 1.807) is 14.2 Å². The minimum atomic E-state index is -0.212. The number of aryl methyl sites for hydroxylation is 1. The number of nitrogens with zero attached hydrogens (tertiary/aromatic N) is 1. The van der Waals surface area contributed by atoms with E-state index in [0.29, 0.717) is 18.3 Å². The number of rotatable bonds is 9. The summed E-state index contributed by atoms with van der Waals surface area (Å²) in [6.45, 7) is 5.19. The van der Waals surface area contributed by atoms with Crippen LogP contribution in [0.2, 0.25) is 0 Å². The van der Waals surface area contributed by atoms with Crippen molar-refractivity contribution >= 4 is 17.1 Å². The molecule has 6 heteroatoms. The number of thioether (sulfide) groups is 1. The molecule has 0 aliphatic rings. The minimum Gasteiger partial charge on any atom is -0.497 e. The first-order valence-electron chi connectivity index (χ1n) is 9.06. The van der Waals surface area contributed by atoms with Crippen LogP contribution in [0.15, 0.2) is 42.7 Å². The lowest BCUT2D eigenvalue weighted by Gasteiger charge is -2.16. The Morgan fingerprint density at radius 1 is 1.15 bits per heavy atom. The number of methoxy groups -OCH3 is 2. The van der Waals surface area contributed by atoms with Crippen LogP contribution in [-0.2, 0) is 17.7 Å². The molecule has 0 bridgehead atoms. The highest BCUT2D eigenvalue weighted by atomic mass is 32.2. The first-order chi connectivity index (χ1) is 13.1. The van der Waals surface area contributed by atoms with Gasteiger partial charge in [-0.15, -0.1) is 0 Å². The van der Waals surface area contributed by atoms with Crippen LogP contribution in [0, 0.1) is 0 Å². The van der Waals surface area contributed by atoms with Crippen LogP contribution in [0.3, 0.4) is 0 Å². The summed E-state index contributed by atoms with van der Waals surface area (Å²) in [5.41, 5.74) is 2.39. The van der Waals surface area contributed by atoms with Gasteiger partial charge in [-0.2, -0.15) is 0 Å². The SMILES string of the molecule is CCOC(=O)SCC[n+]1ccc(CC(C)c2cc(OC)ccc2OC)cc1. The molecule has 0 amide bonds. The average molecular weight is 391 g/mol. The summed E-state index contributed by atoms with van der Waals surface area (Å²) in [5.74, 6) is 2.71. The molecular formula is C21H28NO4S+. The van der Waals surface area contributed by atoms with Crippen LogP contribution in [0.5, 0.6) is 11.5 Å². The van der Waals surface area contributed by atoms with Crippen molar-refractivity contribution in [2.45, 2.75) is 32.7 Å².